The Bertz CT molecular complexity index is 1810. The molecule has 6 rings (SSSR count). The summed E-state index contributed by atoms with van der Waals surface area (Å²) in [5, 5.41) is 0. The van der Waals surface area contributed by atoms with Crippen LogP contribution in [0.5, 0.6) is 0 Å². The molecule has 0 saturated heterocycles. The monoisotopic (exact) mass is 442 g/mol. The van der Waals surface area contributed by atoms with Crippen LogP contribution in [0.4, 0.5) is 0 Å². The SMILES string of the molecule is [2H]C([2H])([2H])c1c[n+](C)c2c(c1C([2H])([2H])C(C)(C)C)C(C)(C)n1c3c-2c(C)ccc3n2c3ccccc3nc12. The lowest BCUT2D eigenvalue weighted by molar-refractivity contribution is -0.661. The van der Waals surface area contributed by atoms with Crippen molar-refractivity contribution in [1.82, 2.24) is 14.0 Å². The average molecular weight is 443 g/mol. The van der Waals surface area contributed by atoms with Gasteiger partial charge in [-0.25, -0.2) is 9.55 Å². The second-order valence-corrected chi connectivity index (χ2v) is 10.9. The highest BCUT2D eigenvalue weighted by molar-refractivity contribution is 6.01. The number of benzene rings is 2. The van der Waals surface area contributed by atoms with Gasteiger partial charge in [0.2, 0.25) is 11.5 Å². The highest BCUT2D eigenvalue weighted by Crippen LogP contribution is 2.49. The Labute approximate surface area is 202 Å². The standard InChI is InChI=1S/C29H33N4/c1-17-13-14-22-25-23(17)26-24(19(15-28(3,4)5)18(2)16-31(26)8)29(6,7)33(25)27-30-20-11-9-10-12-21(20)32(22)27/h9-14,16H,15H2,1-8H3/q+1/i2D3,15D2. The van der Waals surface area contributed by atoms with Crippen molar-refractivity contribution < 1.29 is 11.4 Å². The Morgan fingerprint density at radius 1 is 1.09 bits per heavy atom. The third kappa shape index (κ3) is 2.58. The van der Waals surface area contributed by atoms with Gasteiger partial charge in [-0.2, -0.15) is 0 Å². The molecule has 3 aromatic heterocycles. The number of fused-ring (bicyclic) bond motifs is 7. The van der Waals surface area contributed by atoms with Gasteiger partial charge in [0.15, 0.2) is 6.20 Å². The fourth-order valence-corrected chi connectivity index (χ4v) is 5.68. The van der Waals surface area contributed by atoms with E-state index in [1.54, 1.807) is 6.20 Å². The maximum absolute atomic E-state index is 9.40. The third-order valence-electron chi connectivity index (χ3n) is 6.91. The number of imidazole rings is 2. The van der Waals surface area contributed by atoms with Gasteiger partial charge >= 0.3 is 0 Å². The van der Waals surface area contributed by atoms with Crippen molar-refractivity contribution in [3.8, 4) is 11.3 Å². The van der Waals surface area contributed by atoms with Gasteiger partial charge in [0.05, 0.1) is 38.7 Å². The van der Waals surface area contributed by atoms with E-state index in [0.29, 0.717) is 5.56 Å². The molecule has 0 aliphatic carbocycles. The summed E-state index contributed by atoms with van der Waals surface area (Å²) in [4.78, 5) is 5.04. The molecule has 0 N–H and O–H groups in total. The van der Waals surface area contributed by atoms with Gasteiger partial charge in [0.1, 0.15) is 7.05 Å². The van der Waals surface area contributed by atoms with Crippen molar-refractivity contribution in [3.63, 3.8) is 0 Å². The largest absolute Gasteiger partial charge is 0.299 e. The van der Waals surface area contributed by atoms with Gasteiger partial charge in [0.25, 0.3) is 0 Å². The van der Waals surface area contributed by atoms with Crippen LogP contribution in [0.25, 0.3) is 39.1 Å². The summed E-state index contributed by atoms with van der Waals surface area (Å²) >= 11 is 0. The predicted octanol–water partition coefficient (Wildman–Crippen LogP) is 6.24. The van der Waals surface area contributed by atoms with Crippen LogP contribution < -0.4 is 4.57 Å². The number of aryl methyl sites for hydroxylation is 3. The number of rotatable bonds is 1. The number of hydrogen-bond acceptors (Lipinski definition) is 1. The molecule has 0 amide bonds. The summed E-state index contributed by atoms with van der Waals surface area (Å²) < 4.78 is 50.4. The first kappa shape index (κ1) is 15.7. The zero-order valence-electron chi connectivity index (χ0n) is 25.3. The van der Waals surface area contributed by atoms with Crippen molar-refractivity contribution in [2.45, 2.75) is 60.3 Å². The minimum atomic E-state index is -2.49. The molecule has 4 heterocycles. The number of para-hydroxylation sites is 2. The van der Waals surface area contributed by atoms with Gasteiger partial charge in [-0.1, -0.05) is 39.0 Å². The number of aromatic nitrogens is 4. The fourth-order valence-electron chi connectivity index (χ4n) is 5.68. The smallest absolute Gasteiger partial charge is 0.220 e. The molecule has 0 saturated carbocycles. The third-order valence-corrected chi connectivity index (χ3v) is 6.91. The van der Waals surface area contributed by atoms with E-state index < -0.39 is 24.2 Å². The molecule has 0 unspecified atom stereocenters. The molecule has 0 spiro atoms. The van der Waals surface area contributed by atoms with Gasteiger partial charge in [-0.3, -0.25) is 8.97 Å². The molecule has 1 aliphatic rings. The molecule has 0 atom stereocenters. The summed E-state index contributed by atoms with van der Waals surface area (Å²) in [7, 11) is 1.87. The second kappa shape index (κ2) is 6.25. The van der Waals surface area contributed by atoms with E-state index in [4.69, 9.17) is 9.10 Å². The summed E-state index contributed by atoms with van der Waals surface area (Å²) in [5.74, 6) is 0.757. The van der Waals surface area contributed by atoms with Crippen LogP contribution in [0.1, 0.15) is 63.7 Å². The minimum Gasteiger partial charge on any atom is -0.299 e. The molecule has 2 aromatic carbocycles. The van der Waals surface area contributed by atoms with Crippen LogP contribution >= 0.6 is 0 Å². The Kier molecular flexibility index (Phi) is 2.97. The van der Waals surface area contributed by atoms with Gasteiger partial charge in [-0.05, 0) is 68.7 Å². The van der Waals surface area contributed by atoms with Crippen molar-refractivity contribution in [2.24, 2.45) is 12.5 Å². The van der Waals surface area contributed by atoms with Crippen LogP contribution in [0.3, 0.4) is 0 Å². The van der Waals surface area contributed by atoms with E-state index >= 15 is 0 Å². The Balaban J connectivity index is 1.91. The molecule has 4 heteroatoms. The van der Waals surface area contributed by atoms with Crippen LogP contribution in [0.15, 0.2) is 42.6 Å². The Hall–Kier alpha value is -3.14. The highest BCUT2D eigenvalue weighted by atomic mass is 15.2. The number of hydrogen-bond donors (Lipinski definition) is 0. The molecule has 0 radical (unpaired) electrons. The van der Waals surface area contributed by atoms with Gasteiger partial charge in [0, 0.05) is 12.4 Å². The highest BCUT2D eigenvalue weighted by Gasteiger charge is 2.44. The molecular weight excluding hydrogens is 404 g/mol. The maximum Gasteiger partial charge on any atom is 0.220 e. The van der Waals surface area contributed by atoms with Gasteiger partial charge in [-0.15, -0.1) is 0 Å². The molecular formula is C29H33N4+. The average Bonchev–Trinajstić information content (AvgIpc) is 3.31. The normalized spacial score (nSPS) is 18.1. The van der Waals surface area contributed by atoms with Crippen molar-refractivity contribution in [3.05, 3.63) is 64.8 Å². The summed E-state index contributed by atoms with van der Waals surface area (Å²) in [6.45, 7) is 9.17. The zero-order chi connectivity index (χ0) is 27.7. The predicted molar refractivity (Wildman–Crippen MR) is 136 cm³/mol. The van der Waals surface area contributed by atoms with Crippen molar-refractivity contribution in [1.29, 1.82) is 0 Å². The minimum absolute atomic E-state index is 0.0525. The molecule has 0 fully saturated rings. The van der Waals surface area contributed by atoms with E-state index in [0.717, 1.165) is 44.7 Å². The van der Waals surface area contributed by atoms with Gasteiger partial charge < -0.3 is 0 Å². The van der Waals surface area contributed by atoms with Crippen molar-refractivity contribution in [2.75, 3.05) is 0 Å². The lowest BCUT2D eigenvalue weighted by atomic mass is 9.76. The summed E-state index contributed by atoms with van der Waals surface area (Å²) in [6.07, 6.45) is -0.312. The lowest BCUT2D eigenvalue weighted by Gasteiger charge is -2.36. The first-order chi connectivity index (χ1) is 17.5. The van der Waals surface area contributed by atoms with E-state index in [9.17, 15) is 2.74 Å². The van der Waals surface area contributed by atoms with Crippen LogP contribution in [-0.4, -0.2) is 14.0 Å². The molecule has 5 aromatic rings. The van der Waals surface area contributed by atoms with Crippen LogP contribution in [0, 0.1) is 19.2 Å². The molecule has 0 bridgehead atoms. The number of pyridine rings is 1. The van der Waals surface area contributed by atoms with E-state index in [-0.39, 0.29) is 11.1 Å². The topological polar surface area (TPSA) is 26.1 Å². The lowest BCUT2D eigenvalue weighted by Crippen LogP contribution is -2.42. The maximum atomic E-state index is 9.40. The Morgan fingerprint density at radius 3 is 2.58 bits per heavy atom. The molecule has 4 nitrogen and oxygen atoms in total. The zero-order valence-corrected chi connectivity index (χ0v) is 20.3. The molecule has 168 valence electrons. The summed E-state index contributed by atoms with van der Waals surface area (Å²) in [5.41, 5.74) is 6.14. The van der Waals surface area contributed by atoms with E-state index in [1.165, 1.54) is 0 Å². The van der Waals surface area contributed by atoms with E-state index in [2.05, 4.69) is 47.9 Å². The molecule has 33 heavy (non-hydrogen) atoms. The fraction of sp³-hybridized carbons (Fsp3) is 0.379. The first-order valence-electron chi connectivity index (χ1n) is 14.0. The Morgan fingerprint density at radius 2 is 1.85 bits per heavy atom. The van der Waals surface area contributed by atoms with Crippen LogP contribution in [0.2, 0.25) is 0 Å². The van der Waals surface area contributed by atoms with Crippen LogP contribution in [-0.2, 0) is 19.0 Å². The second-order valence-electron chi connectivity index (χ2n) is 10.9. The first-order valence-corrected chi connectivity index (χ1v) is 11.5. The quantitative estimate of drug-likeness (QED) is 0.282. The molecule has 1 aliphatic heterocycles. The summed E-state index contributed by atoms with van der Waals surface area (Å²) in [6, 6.07) is 12.3. The number of nitrogens with zero attached hydrogens (tertiary/aromatic N) is 4. The van der Waals surface area contributed by atoms with Crippen molar-refractivity contribution >= 4 is 27.8 Å². The van der Waals surface area contributed by atoms with E-state index in [1.807, 2.05) is 50.6 Å².